The van der Waals surface area contributed by atoms with Gasteiger partial charge in [0.15, 0.2) is 0 Å². The lowest BCUT2D eigenvalue weighted by molar-refractivity contribution is -0.142. The molecule has 0 aromatic heterocycles. The minimum atomic E-state index is -0.182. The Hall–Kier alpha value is -2.21. The van der Waals surface area contributed by atoms with Crippen LogP contribution < -0.4 is 5.73 Å². The van der Waals surface area contributed by atoms with Crippen LogP contribution in [0.15, 0.2) is 60.7 Å². The number of nitrogens with zero attached hydrogens (tertiary/aromatic N) is 1. The molecule has 5 nitrogen and oxygen atoms in total. The van der Waals surface area contributed by atoms with Crippen LogP contribution in [0.25, 0.3) is 0 Å². The van der Waals surface area contributed by atoms with Crippen LogP contribution in [0.3, 0.4) is 0 Å². The van der Waals surface area contributed by atoms with E-state index in [-0.39, 0.29) is 24.2 Å². The van der Waals surface area contributed by atoms with E-state index in [1.807, 2.05) is 24.3 Å². The summed E-state index contributed by atoms with van der Waals surface area (Å²) < 4.78 is 11.6. The van der Waals surface area contributed by atoms with Gasteiger partial charge in [-0.2, -0.15) is 0 Å². The van der Waals surface area contributed by atoms with Crippen LogP contribution in [0.2, 0.25) is 0 Å². The first kappa shape index (κ1) is 28.0. The quantitative estimate of drug-likeness (QED) is 0.232. The number of methoxy groups -OCH3 is 1. The van der Waals surface area contributed by atoms with Crippen molar-refractivity contribution in [3.63, 3.8) is 0 Å². The maximum Gasteiger partial charge on any atom is 0.307 e. The van der Waals surface area contributed by atoms with Crippen molar-refractivity contribution in [2.45, 2.75) is 83.6 Å². The number of unbranched alkanes of at least 4 members (excludes halogenated alkanes) is 2. The van der Waals surface area contributed by atoms with E-state index >= 15 is 0 Å². The van der Waals surface area contributed by atoms with Gasteiger partial charge in [-0.25, -0.2) is 0 Å². The number of rotatable bonds is 17. The number of benzene rings is 2. The first-order chi connectivity index (χ1) is 16.6. The molecule has 3 atom stereocenters. The van der Waals surface area contributed by atoms with Crippen LogP contribution >= 0.6 is 0 Å². The van der Waals surface area contributed by atoms with Crippen LogP contribution in [0.4, 0.5) is 0 Å². The Morgan fingerprint density at radius 3 is 2.29 bits per heavy atom. The first-order valence-corrected chi connectivity index (χ1v) is 12.8. The second-order valence-electron chi connectivity index (χ2n) is 9.05. The second-order valence-corrected chi connectivity index (χ2v) is 9.05. The van der Waals surface area contributed by atoms with Crippen molar-refractivity contribution < 1.29 is 14.3 Å². The molecule has 188 valence electrons. The predicted octanol–water partition coefficient (Wildman–Crippen LogP) is 5.89. The molecule has 0 amide bonds. The first-order valence-electron chi connectivity index (χ1n) is 12.8. The average molecular weight is 469 g/mol. The zero-order chi connectivity index (χ0) is 24.6. The Balaban J connectivity index is 2.24. The number of carbonyl (C=O) groups excluding carboxylic acids is 1. The molecule has 0 aliphatic heterocycles. The zero-order valence-electron chi connectivity index (χ0n) is 21.3. The largest absolute Gasteiger partial charge is 0.469 e. The van der Waals surface area contributed by atoms with Crippen LogP contribution in [0.5, 0.6) is 0 Å². The summed E-state index contributed by atoms with van der Waals surface area (Å²) in [5, 5.41) is 0. The molecule has 0 unspecified atom stereocenters. The normalized spacial score (nSPS) is 14.0. The number of esters is 1. The lowest BCUT2D eigenvalue weighted by Gasteiger charge is -2.38. The van der Waals surface area contributed by atoms with E-state index in [0.717, 1.165) is 32.2 Å². The molecule has 0 heterocycles. The zero-order valence-corrected chi connectivity index (χ0v) is 21.3. The van der Waals surface area contributed by atoms with Crippen LogP contribution in [0.1, 0.15) is 76.0 Å². The Labute approximate surface area is 206 Å². The molecule has 2 aromatic rings. The molecule has 0 spiro atoms. The lowest BCUT2D eigenvalue weighted by atomic mass is 9.96. The molecule has 5 heteroatoms. The molecule has 0 aliphatic carbocycles. The number of hydrogen-bond donors (Lipinski definition) is 1. The van der Waals surface area contributed by atoms with Gasteiger partial charge in [0.25, 0.3) is 0 Å². The van der Waals surface area contributed by atoms with Gasteiger partial charge < -0.3 is 15.2 Å². The molecule has 2 rings (SSSR count). The van der Waals surface area contributed by atoms with E-state index in [1.165, 1.54) is 31.1 Å². The molecular weight excluding hydrogens is 424 g/mol. The topological polar surface area (TPSA) is 64.8 Å². The average Bonchev–Trinajstić information content (AvgIpc) is 2.88. The molecule has 2 aromatic carbocycles. The van der Waals surface area contributed by atoms with Gasteiger partial charge >= 0.3 is 5.97 Å². The highest BCUT2D eigenvalue weighted by molar-refractivity contribution is 5.69. The van der Waals surface area contributed by atoms with Crippen molar-refractivity contribution in [2.75, 3.05) is 20.2 Å². The van der Waals surface area contributed by atoms with E-state index < -0.39 is 0 Å². The summed E-state index contributed by atoms with van der Waals surface area (Å²) in [5.74, 6) is -0.182. The highest BCUT2D eigenvalue weighted by Gasteiger charge is 2.29. The maximum absolute atomic E-state index is 12.5. The van der Waals surface area contributed by atoms with Gasteiger partial charge in [-0.1, -0.05) is 86.8 Å². The highest BCUT2D eigenvalue weighted by atomic mass is 16.5. The van der Waals surface area contributed by atoms with Gasteiger partial charge in [0, 0.05) is 18.6 Å². The number of carbonyl (C=O) groups is 1. The van der Waals surface area contributed by atoms with E-state index in [2.05, 4.69) is 55.1 Å². The molecule has 0 bridgehead atoms. The third kappa shape index (κ3) is 9.96. The Kier molecular flexibility index (Phi) is 13.5. The van der Waals surface area contributed by atoms with Gasteiger partial charge in [0.2, 0.25) is 0 Å². The summed E-state index contributed by atoms with van der Waals surface area (Å²) in [6.45, 7) is 6.46. The fourth-order valence-corrected chi connectivity index (χ4v) is 4.48. The summed E-state index contributed by atoms with van der Waals surface area (Å²) in [6.07, 6.45) is 6.55. The minimum absolute atomic E-state index is 0.0107. The van der Waals surface area contributed by atoms with E-state index in [4.69, 9.17) is 15.2 Å². The molecule has 0 saturated carbocycles. The third-order valence-corrected chi connectivity index (χ3v) is 6.49. The summed E-state index contributed by atoms with van der Waals surface area (Å²) in [4.78, 5) is 14.9. The summed E-state index contributed by atoms with van der Waals surface area (Å²) >= 11 is 0. The molecule has 34 heavy (non-hydrogen) atoms. The number of nitrogens with two attached hydrogens (primary N) is 1. The summed E-state index contributed by atoms with van der Waals surface area (Å²) in [7, 11) is 1.47. The van der Waals surface area contributed by atoms with Crippen molar-refractivity contribution in [3.8, 4) is 0 Å². The summed E-state index contributed by atoms with van der Waals surface area (Å²) in [5.41, 5.74) is 8.30. The lowest BCUT2D eigenvalue weighted by Crippen LogP contribution is -2.42. The number of hydrogen-bond acceptors (Lipinski definition) is 5. The smallest absolute Gasteiger partial charge is 0.307 e. The Morgan fingerprint density at radius 1 is 1.00 bits per heavy atom. The van der Waals surface area contributed by atoms with Gasteiger partial charge in [-0.15, -0.1) is 0 Å². The van der Waals surface area contributed by atoms with Crippen molar-refractivity contribution in [1.82, 2.24) is 4.90 Å². The van der Waals surface area contributed by atoms with Crippen LogP contribution in [-0.2, 0) is 20.9 Å². The highest BCUT2D eigenvalue weighted by Crippen LogP contribution is 2.28. The monoisotopic (exact) mass is 468 g/mol. The van der Waals surface area contributed by atoms with E-state index in [9.17, 15) is 4.79 Å². The Bertz CT molecular complexity index is 784. The fraction of sp³-hybridized carbons (Fsp3) is 0.552. The van der Waals surface area contributed by atoms with Crippen molar-refractivity contribution in [2.24, 2.45) is 5.73 Å². The Morgan fingerprint density at radius 2 is 1.68 bits per heavy atom. The van der Waals surface area contributed by atoms with Crippen molar-refractivity contribution in [1.29, 1.82) is 0 Å². The van der Waals surface area contributed by atoms with Gasteiger partial charge in [-0.05, 0) is 43.9 Å². The second kappa shape index (κ2) is 16.4. The van der Waals surface area contributed by atoms with Crippen LogP contribution in [-0.4, -0.2) is 43.2 Å². The molecule has 0 fully saturated rings. The summed E-state index contributed by atoms with van der Waals surface area (Å²) in [6, 6.07) is 21.0. The molecule has 0 radical (unpaired) electrons. The van der Waals surface area contributed by atoms with Crippen molar-refractivity contribution in [3.05, 3.63) is 71.8 Å². The predicted molar refractivity (Wildman–Crippen MR) is 139 cm³/mol. The minimum Gasteiger partial charge on any atom is -0.469 e. The molecule has 0 aliphatic rings. The van der Waals surface area contributed by atoms with Crippen molar-refractivity contribution >= 4 is 5.97 Å². The van der Waals surface area contributed by atoms with Crippen LogP contribution in [0, 0.1) is 0 Å². The number of ether oxygens (including phenoxy) is 2. The van der Waals surface area contributed by atoms with Gasteiger partial charge in [0.1, 0.15) is 0 Å². The SMILES string of the molecule is CCCCC[C@H](C[C@@H](CC(=O)OC)N(CCCN)[C@@H](C)c1ccccc1)OCc1ccccc1. The fourth-order valence-electron chi connectivity index (χ4n) is 4.48. The standard InChI is InChI=1S/C29H44N2O3/c1-4-5-8-18-28(34-23-25-14-9-6-10-15-25)21-27(22-29(32)33-3)31(20-13-19-30)24(2)26-16-11-7-12-17-26/h6-7,9-12,14-17,24,27-28H,4-5,8,13,18-23,30H2,1-3H3/t24-,27-,28+/m0/s1. The third-order valence-electron chi connectivity index (χ3n) is 6.49. The maximum atomic E-state index is 12.5. The van der Waals surface area contributed by atoms with E-state index in [1.54, 1.807) is 0 Å². The molecular formula is C29H44N2O3. The van der Waals surface area contributed by atoms with Gasteiger partial charge in [0.05, 0.1) is 26.2 Å². The molecule has 0 saturated heterocycles. The van der Waals surface area contributed by atoms with Gasteiger partial charge in [-0.3, -0.25) is 9.69 Å². The van der Waals surface area contributed by atoms with E-state index in [0.29, 0.717) is 19.6 Å². The molecule has 2 N–H and O–H groups in total.